The van der Waals surface area contributed by atoms with Crippen LogP contribution in [0.2, 0.25) is 0 Å². The van der Waals surface area contributed by atoms with Gasteiger partial charge < -0.3 is 4.90 Å². The molecule has 2 heteroatoms. The highest BCUT2D eigenvalue weighted by Crippen LogP contribution is 2.40. The summed E-state index contributed by atoms with van der Waals surface area (Å²) >= 11 is 4.69. The van der Waals surface area contributed by atoms with Gasteiger partial charge in [-0.3, -0.25) is 0 Å². The number of para-hydroxylation sites is 1. The van der Waals surface area contributed by atoms with E-state index >= 15 is 0 Å². The first-order valence-electron chi connectivity index (χ1n) is 7.77. The van der Waals surface area contributed by atoms with Crippen LogP contribution in [0.15, 0.2) is 24.3 Å². The third-order valence-electron chi connectivity index (χ3n) is 4.98. The Morgan fingerprint density at radius 3 is 2.63 bits per heavy atom. The molecule has 1 nitrogen and oxygen atoms in total. The zero-order valence-electron chi connectivity index (χ0n) is 11.8. The van der Waals surface area contributed by atoms with Crippen LogP contribution in [0.1, 0.15) is 44.1 Å². The highest BCUT2D eigenvalue weighted by molar-refractivity contribution is 7.80. The van der Waals surface area contributed by atoms with E-state index < -0.39 is 0 Å². The molecule has 0 radical (unpaired) electrons. The first kappa shape index (κ1) is 13.4. The lowest BCUT2D eigenvalue weighted by molar-refractivity contribution is 0.227. The van der Waals surface area contributed by atoms with Gasteiger partial charge in [-0.2, -0.15) is 12.6 Å². The molecule has 0 unspecified atom stereocenters. The van der Waals surface area contributed by atoms with Crippen LogP contribution < -0.4 is 4.90 Å². The summed E-state index contributed by atoms with van der Waals surface area (Å²) in [7, 11) is 0. The van der Waals surface area contributed by atoms with Crippen LogP contribution in [0.4, 0.5) is 5.69 Å². The average Bonchev–Trinajstić information content (AvgIpc) is 2.49. The van der Waals surface area contributed by atoms with Crippen molar-refractivity contribution in [3.63, 3.8) is 0 Å². The average molecular weight is 275 g/mol. The molecule has 104 valence electrons. The van der Waals surface area contributed by atoms with Gasteiger partial charge in [0.2, 0.25) is 0 Å². The van der Waals surface area contributed by atoms with Crippen molar-refractivity contribution in [1.29, 1.82) is 0 Å². The summed E-state index contributed by atoms with van der Waals surface area (Å²) in [6, 6.07) is 8.97. The SMILES string of the molecule is SCC1(CN2CCCc3ccccc32)CCCCC1. The normalized spacial score (nSPS) is 22.1. The van der Waals surface area contributed by atoms with Crippen LogP contribution in [0.25, 0.3) is 0 Å². The number of rotatable bonds is 3. The van der Waals surface area contributed by atoms with Gasteiger partial charge in [0.05, 0.1) is 0 Å². The third-order valence-corrected chi connectivity index (χ3v) is 5.65. The Labute approximate surface area is 122 Å². The number of thiol groups is 1. The molecule has 1 aromatic carbocycles. The van der Waals surface area contributed by atoms with Gasteiger partial charge in [0.1, 0.15) is 0 Å². The van der Waals surface area contributed by atoms with E-state index in [1.54, 1.807) is 5.56 Å². The lowest BCUT2D eigenvalue weighted by Gasteiger charge is -2.43. The predicted molar refractivity (Wildman–Crippen MR) is 86.3 cm³/mol. The van der Waals surface area contributed by atoms with Crippen LogP contribution in [0, 0.1) is 5.41 Å². The fourth-order valence-electron chi connectivity index (χ4n) is 3.85. The number of benzene rings is 1. The molecule has 1 saturated carbocycles. The minimum atomic E-state index is 0.464. The molecule has 1 fully saturated rings. The fourth-order valence-corrected chi connectivity index (χ4v) is 4.26. The van der Waals surface area contributed by atoms with E-state index in [4.69, 9.17) is 12.6 Å². The molecule has 19 heavy (non-hydrogen) atoms. The first-order valence-corrected chi connectivity index (χ1v) is 8.40. The van der Waals surface area contributed by atoms with Gasteiger partial charge in [-0.05, 0) is 48.5 Å². The largest absolute Gasteiger partial charge is 0.371 e. The topological polar surface area (TPSA) is 3.24 Å². The molecular weight excluding hydrogens is 250 g/mol. The summed E-state index contributed by atoms with van der Waals surface area (Å²) in [5.74, 6) is 1.05. The standard InChI is InChI=1S/C17H25NS/c19-14-17(10-4-1-5-11-17)13-18-12-6-8-15-7-2-3-9-16(15)18/h2-3,7,9,19H,1,4-6,8,10-14H2. The van der Waals surface area contributed by atoms with E-state index in [0.29, 0.717) is 5.41 Å². The van der Waals surface area contributed by atoms with E-state index in [1.807, 2.05) is 0 Å². The Balaban J connectivity index is 1.79. The summed E-state index contributed by atoms with van der Waals surface area (Å²) in [4.78, 5) is 2.64. The molecule has 0 spiro atoms. The number of aryl methyl sites for hydroxylation is 1. The molecule has 0 bridgehead atoms. The second-order valence-corrected chi connectivity index (χ2v) is 6.69. The fraction of sp³-hybridized carbons (Fsp3) is 0.647. The smallest absolute Gasteiger partial charge is 0.0398 e. The summed E-state index contributed by atoms with van der Waals surface area (Å²) in [6.07, 6.45) is 9.52. The monoisotopic (exact) mass is 275 g/mol. The lowest BCUT2D eigenvalue weighted by Crippen LogP contribution is -2.42. The molecule has 3 rings (SSSR count). The minimum absolute atomic E-state index is 0.464. The first-order chi connectivity index (χ1) is 9.33. The van der Waals surface area contributed by atoms with Crippen molar-refractivity contribution in [3.05, 3.63) is 29.8 Å². The van der Waals surface area contributed by atoms with E-state index in [2.05, 4.69) is 29.2 Å². The maximum absolute atomic E-state index is 4.69. The van der Waals surface area contributed by atoms with Gasteiger partial charge in [-0.15, -0.1) is 0 Å². The van der Waals surface area contributed by atoms with Crippen molar-refractivity contribution < 1.29 is 0 Å². The molecule has 1 aliphatic carbocycles. The van der Waals surface area contributed by atoms with Crippen LogP contribution in [-0.2, 0) is 6.42 Å². The number of anilines is 1. The number of fused-ring (bicyclic) bond motifs is 1. The summed E-state index contributed by atoms with van der Waals surface area (Å²) in [5.41, 5.74) is 3.49. The van der Waals surface area contributed by atoms with Gasteiger partial charge in [0.15, 0.2) is 0 Å². The van der Waals surface area contributed by atoms with Crippen LogP contribution in [-0.4, -0.2) is 18.8 Å². The van der Waals surface area contributed by atoms with E-state index in [0.717, 1.165) is 5.75 Å². The van der Waals surface area contributed by atoms with Crippen LogP contribution in [0.5, 0.6) is 0 Å². The molecular formula is C17H25NS. The molecule has 0 N–H and O–H groups in total. The van der Waals surface area contributed by atoms with Gasteiger partial charge in [-0.25, -0.2) is 0 Å². The van der Waals surface area contributed by atoms with E-state index in [9.17, 15) is 0 Å². The summed E-state index contributed by atoms with van der Waals surface area (Å²) < 4.78 is 0. The van der Waals surface area contributed by atoms with Crippen LogP contribution >= 0.6 is 12.6 Å². The van der Waals surface area contributed by atoms with Crippen molar-refractivity contribution in [3.8, 4) is 0 Å². The Morgan fingerprint density at radius 1 is 1.05 bits per heavy atom. The second-order valence-electron chi connectivity index (χ2n) is 6.37. The Hall–Kier alpha value is -0.630. The zero-order chi connectivity index (χ0) is 13.1. The van der Waals surface area contributed by atoms with Gasteiger partial charge in [0, 0.05) is 18.8 Å². The van der Waals surface area contributed by atoms with Gasteiger partial charge in [-0.1, -0.05) is 37.5 Å². The Kier molecular flexibility index (Phi) is 4.07. The van der Waals surface area contributed by atoms with E-state index in [1.165, 1.54) is 63.7 Å². The van der Waals surface area contributed by atoms with Gasteiger partial charge in [0.25, 0.3) is 0 Å². The van der Waals surface area contributed by atoms with Crippen molar-refractivity contribution >= 4 is 18.3 Å². The Bertz CT molecular complexity index is 423. The van der Waals surface area contributed by atoms with Crippen molar-refractivity contribution in [1.82, 2.24) is 0 Å². The maximum atomic E-state index is 4.69. The van der Waals surface area contributed by atoms with Crippen LogP contribution in [0.3, 0.4) is 0 Å². The molecule has 0 saturated heterocycles. The van der Waals surface area contributed by atoms with Crippen molar-refractivity contribution in [2.24, 2.45) is 5.41 Å². The molecule has 0 aromatic heterocycles. The van der Waals surface area contributed by atoms with Crippen molar-refractivity contribution in [2.45, 2.75) is 44.9 Å². The van der Waals surface area contributed by atoms with E-state index in [-0.39, 0.29) is 0 Å². The third kappa shape index (κ3) is 2.79. The minimum Gasteiger partial charge on any atom is -0.371 e. The number of hydrogen-bond acceptors (Lipinski definition) is 2. The van der Waals surface area contributed by atoms with Gasteiger partial charge >= 0.3 is 0 Å². The molecule has 2 aliphatic rings. The zero-order valence-corrected chi connectivity index (χ0v) is 12.7. The highest BCUT2D eigenvalue weighted by Gasteiger charge is 2.33. The van der Waals surface area contributed by atoms with Crippen molar-refractivity contribution in [2.75, 3.05) is 23.7 Å². The summed E-state index contributed by atoms with van der Waals surface area (Å²) in [6.45, 7) is 2.44. The molecule has 1 aromatic rings. The molecule has 0 amide bonds. The predicted octanol–water partition coefficient (Wildman–Crippen LogP) is 4.32. The Morgan fingerprint density at radius 2 is 1.84 bits per heavy atom. The second kappa shape index (κ2) is 5.78. The molecule has 1 heterocycles. The number of hydrogen-bond donors (Lipinski definition) is 1. The quantitative estimate of drug-likeness (QED) is 0.804. The molecule has 0 atom stereocenters. The summed E-state index contributed by atoms with van der Waals surface area (Å²) in [5, 5.41) is 0. The maximum Gasteiger partial charge on any atom is 0.0398 e. The molecule has 1 aliphatic heterocycles. The highest BCUT2D eigenvalue weighted by atomic mass is 32.1. The lowest BCUT2D eigenvalue weighted by atomic mass is 9.75. The number of nitrogens with zero attached hydrogens (tertiary/aromatic N) is 1.